The van der Waals surface area contributed by atoms with E-state index in [2.05, 4.69) is 76.2 Å². The number of hydrogen-bond donors (Lipinski definition) is 0. The lowest BCUT2D eigenvalue weighted by atomic mass is 10.1. The van der Waals surface area contributed by atoms with Crippen molar-refractivity contribution >= 4 is 17.1 Å². The third kappa shape index (κ3) is 3.01. The highest BCUT2D eigenvalue weighted by molar-refractivity contribution is 5.79. The van der Waals surface area contributed by atoms with E-state index < -0.39 is 0 Å². The molecule has 2 heterocycles. The Bertz CT molecular complexity index is 670. The van der Waals surface area contributed by atoms with Crippen molar-refractivity contribution < 1.29 is 0 Å². The molecule has 0 radical (unpaired) electrons. The number of benzene rings is 2. The lowest BCUT2D eigenvalue weighted by Gasteiger charge is -2.39. The third-order valence-corrected chi connectivity index (χ3v) is 5.52. The van der Waals surface area contributed by atoms with Gasteiger partial charge in [-0.2, -0.15) is 0 Å². The summed E-state index contributed by atoms with van der Waals surface area (Å²) in [6.45, 7) is 8.09. The molecule has 3 heteroatoms. The quantitative estimate of drug-likeness (QED) is 0.838. The van der Waals surface area contributed by atoms with Crippen LogP contribution < -0.4 is 9.80 Å². The molecule has 1 unspecified atom stereocenters. The summed E-state index contributed by atoms with van der Waals surface area (Å²) in [4.78, 5) is 7.66. The van der Waals surface area contributed by atoms with Crippen LogP contribution in [0, 0.1) is 0 Å². The average molecular weight is 321 g/mol. The van der Waals surface area contributed by atoms with Gasteiger partial charge in [0, 0.05) is 37.9 Å². The zero-order valence-electron chi connectivity index (χ0n) is 14.6. The van der Waals surface area contributed by atoms with Crippen molar-refractivity contribution in [1.82, 2.24) is 4.90 Å². The molecule has 1 fully saturated rings. The molecule has 0 aromatic heterocycles. The normalized spacial score (nSPS) is 21.1. The highest BCUT2D eigenvalue weighted by Gasteiger charge is 2.25. The maximum absolute atomic E-state index is 2.65. The number of nitrogens with zero attached hydrogens (tertiary/aromatic N) is 3. The number of para-hydroxylation sites is 3. The molecule has 0 spiro atoms. The van der Waals surface area contributed by atoms with Gasteiger partial charge in [-0.05, 0) is 50.6 Å². The molecule has 0 N–H and O–H groups in total. The van der Waals surface area contributed by atoms with Crippen molar-refractivity contribution in [2.75, 3.05) is 42.5 Å². The molecule has 1 saturated heterocycles. The molecule has 2 aliphatic heterocycles. The van der Waals surface area contributed by atoms with Crippen molar-refractivity contribution in [2.24, 2.45) is 0 Å². The summed E-state index contributed by atoms with van der Waals surface area (Å²) in [6, 6.07) is 20.4. The zero-order valence-corrected chi connectivity index (χ0v) is 14.6. The fraction of sp³-hybridized carbons (Fsp3) is 0.429. The molecule has 24 heavy (non-hydrogen) atoms. The standard InChI is InChI=1S/C21H27N3/c1-18-8-7-13-22(18)14-15-23-16-17-24(19-9-3-2-4-10-19)21-12-6-5-11-20(21)23/h2-6,9-12,18H,7-8,13-17H2,1H3. The van der Waals surface area contributed by atoms with Gasteiger partial charge in [-0.3, -0.25) is 4.90 Å². The van der Waals surface area contributed by atoms with Crippen LogP contribution in [0.5, 0.6) is 0 Å². The Labute approximate surface area is 145 Å². The zero-order chi connectivity index (χ0) is 16.4. The van der Waals surface area contributed by atoms with Gasteiger partial charge in [0.2, 0.25) is 0 Å². The third-order valence-electron chi connectivity index (χ3n) is 5.52. The van der Waals surface area contributed by atoms with Crippen LogP contribution in [-0.4, -0.2) is 43.7 Å². The minimum Gasteiger partial charge on any atom is -0.367 e. The van der Waals surface area contributed by atoms with E-state index in [4.69, 9.17) is 0 Å². The minimum absolute atomic E-state index is 0.755. The van der Waals surface area contributed by atoms with Crippen LogP contribution in [0.15, 0.2) is 54.6 Å². The van der Waals surface area contributed by atoms with Gasteiger partial charge in [-0.15, -0.1) is 0 Å². The first kappa shape index (κ1) is 15.5. The fourth-order valence-corrected chi connectivity index (χ4v) is 4.10. The highest BCUT2D eigenvalue weighted by Crippen LogP contribution is 2.37. The lowest BCUT2D eigenvalue weighted by Crippen LogP contribution is -2.43. The van der Waals surface area contributed by atoms with E-state index in [0.717, 1.165) is 25.7 Å². The van der Waals surface area contributed by atoms with Crippen molar-refractivity contribution in [1.29, 1.82) is 0 Å². The number of rotatable bonds is 4. The molecule has 2 aliphatic rings. The van der Waals surface area contributed by atoms with Gasteiger partial charge in [0.15, 0.2) is 0 Å². The molecule has 1 atom stereocenters. The van der Waals surface area contributed by atoms with E-state index >= 15 is 0 Å². The maximum atomic E-state index is 2.65. The van der Waals surface area contributed by atoms with Crippen LogP contribution in [0.4, 0.5) is 17.1 Å². The summed E-state index contributed by atoms with van der Waals surface area (Å²) in [7, 11) is 0. The second-order valence-electron chi connectivity index (χ2n) is 6.99. The molecule has 2 aromatic rings. The first-order chi connectivity index (χ1) is 11.8. The largest absolute Gasteiger partial charge is 0.367 e. The van der Waals surface area contributed by atoms with E-state index in [0.29, 0.717) is 0 Å². The summed E-state index contributed by atoms with van der Waals surface area (Å²) in [6.07, 6.45) is 2.72. The van der Waals surface area contributed by atoms with E-state index in [9.17, 15) is 0 Å². The van der Waals surface area contributed by atoms with Gasteiger partial charge in [0.25, 0.3) is 0 Å². The molecule has 0 saturated carbocycles. The van der Waals surface area contributed by atoms with Crippen LogP contribution in [0.3, 0.4) is 0 Å². The van der Waals surface area contributed by atoms with Gasteiger partial charge >= 0.3 is 0 Å². The summed E-state index contributed by atoms with van der Waals surface area (Å²) in [5.41, 5.74) is 4.00. The van der Waals surface area contributed by atoms with Crippen LogP contribution in [0.1, 0.15) is 19.8 Å². The molecular weight excluding hydrogens is 294 g/mol. The van der Waals surface area contributed by atoms with Crippen molar-refractivity contribution in [3.8, 4) is 0 Å². The Morgan fingerprint density at radius 2 is 1.58 bits per heavy atom. The predicted molar refractivity (Wildman–Crippen MR) is 102 cm³/mol. The Balaban J connectivity index is 1.53. The molecular formula is C21H27N3. The maximum Gasteiger partial charge on any atom is 0.0649 e. The van der Waals surface area contributed by atoms with Crippen LogP contribution >= 0.6 is 0 Å². The molecule has 2 aromatic carbocycles. The number of fused-ring (bicyclic) bond motifs is 1. The smallest absolute Gasteiger partial charge is 0.0649 e. The van der Waals surface area contributed by atoms with E-state index in [1.807, 2.05) is 0 Å². The second kappa shape index (κ2) is 6.86. The van der Waals surface area contributed by atoms with Crippen LogP contribution in [0.2, 0.25) is 0 Å². The Hall–Kier alpha value is -2.00. The topological polar surface area (TPSA) is 9.72 Å². The van der Waals surface area contributed by atoms with Crippen molar-refractivity contribution in [3.63, 3.8) is 0 Å². The summed E-state index contributed by atoms with van der Waals surface area (Å²) in [5.74, 6) is 0. The first-order valence-corrected chi connectivity index (χ1v) is 9.23. The number of likely N-dealkylation sites (tertiary alicyclic amines) is 1. The first-order valence-electron chi connectivity index (χ1n) is 9.23. The molecule has 0 aliphatic carbocycles. The fourth-order valence-electron chi connectivity index (χ4n) is 4.10. The average Bonchev–Trinajstić information content (AvgIpc) is 3.05. The molecule has 0 amide bonds. The summed E-state index contributed by atoms with van der Waals surface area (Å²) >= 11 is 0. The second-order valence-corrected chi connectivity index (χ2v) is 6.99. The van der Waals surface area contributed by atoms with Gasteiger partial charge in [0.1, 0.15) is 0 Å². The van der Waals surface area contributed by atoms with Gasteiger partial charge in [-0.25, -0.2) is 0 Å². The van der Waals surface area contributed by atoms with Gasteiger partial charge in [-0.1, -0.05) is 30.3 Å². The summed E-state index contributed by atoms with van der Waals surface area (Å²) in [5, 5.41) is 0. The van der Waals surface area contributed by atoms with Crippen molar-refractivity contribution in [2.45, 2.75) is 25.8 Å². The lowest BCUT2D eigenvalue weighted by molar-refractivity contribution is 0.274. The van der Waals surface area contributed by atoms with E-state index in [1.54, 1.807) is 0 Å². The molecule has 3 nitrogen and oxygen atoms in total. The van der Waals surface area contributed by atoms with Crippen LogP contribution in [0.25, 0.3) is 0 Å². The van der Waals surface area contributed by atoms with Crippen molar-refractivity contribution in [3.05, 3.63) is 54.6 Å². The van der Waals surface area contributed by atoms with Gasteiger partial charge < -0.3 is 9.80 Å². The van der Waals surface area contributed by atoms with E-state index in [1.165, 1.54) is 43.0 Å². The molecule has 0 bridgehead atoms. The SMILES string of the molecule is CC1CCCN1CCN1CCN(c2ccccc2)c2ccccc21. The molecule has 126 valence electrons. The van der Waals surface area contributed by atoms with Gasteiger partial charge in [0.05, 0.1) is 11.4 Å². The Morgan fingerprint density at radius 3 is 2.33 bits per heavy atom. The Kier molecular flexibility index (Phi) is 4.44. The van der Waals surface area contributed by atoms with Crippen LogP contribution in [-0.2, 0) is 0 Å². The number of hydrogen-bond acceptors (Lipinski definition) is 3. The highest BCUT2D eigenvalue weighted by atomic mass is 15.3. The summed E-state index contributed by atoms with van der Waals surface area (Å²) < 4.78 is 0. The van der Waals surface area contributed by atoms with E-state index in [-0.39, 0.29) is 0 Å². The Morgan fingerprint density at radius 1 is 0.833 bits per heavy atom. The molecule has 4 rings (SSSR count). The predicted octanol–water partition coefficient (Wildman–Crippen LogP) is 4.13. The monoisotopic (exact) mass is 321 g/mol. The number of anilines is 3. The minimum atomic E-state index is 0.755.